The molecule has 0 saturated heterocycles. The first-order chi connectivity index (χ1) is 9.66. The Hall–Kier alpha value is -2.04. The molecule has 106 valence electrons. The van der Waals surface area contributed by atoms with Gasteiger partial charge in [0.1, 0.15) is 6.54 Å². The molecule has 1 fully saturated rings. The monoisotopic (exact) mass is 273 g/mol. The van der Waals surface area contributed by atoms with Crippen LogP contribution in [0.2, 0.25) is 0 Å². The predicted octanol–water partition coefficient (Wildman–Crippen LogP) is 1.40. The minimum Gasteiger partial charge on any atom is -0.352 e. The number of imidazole rings is 1. The third-order valence-corrected chi connectivity index (χ3v) is 4.07. The van der Waals surface area contributed by atoms with E-state index >= 15 is 0 Å². The zero-order valence-electron chi connectivity index (χ0n) is 11.6. The van der Waals surface area contributed by atoms with E-state index in [1.54, 1.807) is 16.2 Å². The van der Waals surface area contributed by atoms with Crippen molar-refractivity contribution in [1.82, 2.24) is 14.5 Å². The molecule has 1 saturated carbocycles. The first kappa shape index (κ1) is 13.0. The van der Waals surface area contributed by atoms with Crippen LogP contribution in [0, 0.1) is 0 Å². The third kappa shape index (κ3) is 2.24. The second kappa shape index (κ2) is 5.15. The second-order valence-corrected chi connectivity index (χ2v) is 5.47. The summed E-state index contributed by atoms with van der Waals surface area (Å²) in [5.41, 5.74) is 1.51. The molecule has 1 aromatic heterocycles. The van der Waals surface area contributed by atoms with Gasteiger partial charge in [0.2, 0.25) is 5.91 Å². The van der Waals surface area contributed by atoms with Crippen LogP contribution < -0.4 is 11.0 Å². The lowest BCUT2D eigenvalue weighted by molar-refractivity contribution is -0.122. The van der Waals surface area contributed by atoms with E-state index < -0.39 is 0 Å². The zero-order valence-corrected chi connectivity index (χ0v) is 11.6. The van der Waals surface area contributed by atoms with Gasteiger partial charge in [-0.05, 0) is 25.0 Å². The maximum absolute atomic E-state index is 12.2. The first-order valence-corrected chi connectivity index (χ1v) is 7.10. The Kier molecular flexibility index (Phi) is 3.34. The molecule has 3 rings (SSSR count). The molecule has 1 aliphatic rings. The lowest BCUT2D eigenvalue weighted by Crippen LogP contribution is -2.37. The number of carbonyl (C=O) groups excluding carboxylic acids is 1. The molecule has 20 heavy (non-hydrogen) atoms. The number of hydrogen-bond donors (Lipinski definition) is 1. The van der Waals surface area contributed by atoms with Gasteiger partial charge in [-0.25, -0.2) is 4.79 Å². The number of benzene rings is 1. The van der Waals surface area contributed by atoms with Crippen LogP contribution in [0.5, 0.6) is 0 Å². The van der Waals surface area contributed by atoms with Crippen LogP contribution >= 0.6 is 0 Å². The van der Waals surface area contributed by atoms with Crippen molar-refractivity contribution in [3.05, 3.63) is 34.7 Å². The standard InChI is InChI=1S/C15H19N3O2/c1-17-12-8-4-5-9-13(12)18(15(17)20)10-14(19)16-11-6-2-3-7-11/h4-5,8-9,11H,2-3,6-7,10H2,1H3,(H,16,19). The molecule has 0 atom stereocenters. The number of aromatic nitrogens is 2. The van der Waals surface area contributed by atoms with Crippen molar-refractivity contribution < 1.29 is 4.79 Å². The maximum Gasteiger partial charge on any atom is 0.329 e. The van der Waals surface area contributed by atoms with Crippen molar-refractivity contribution in [3.63, 3.8) is 0 Å². The van der Waals surface area contributed by atoms with Gasteiger partial charge in [-0.15, -0.1) is 0 Å². The Bertz CT molecular complexity index is 693. The average molecular weight is 273 g/mol. The van der Waals surface area contributed by atoms with Gasteiger partial charge >= 0.3 is 5.69 Å². The van der Waals surface area contributed by atoms with Crippen molar-refractivity contribution in [3.8, 4) is 0 Å². The Labute approximate surface area is 117 Å². The normalized spacial score (nSPS) is 15.8. The van der Waals surface area contributed by atoms with E-state index in [4.69, 9.17) is 0 Å². The third-order valence-electron chi connectivity index (χ3n) is 4.07. The minimum absolute atomic E-state index is 0.0737. The molecule has 1 N–H and O–H groups in total. The molecule has 0 bridgehead atoms. The summed E-state index contributed by atoms with van der Waals surface area (Å²) in [6.07, 6.45) is 4.46. The van der Waals surface area contributed by atoms with Crippen LogP contribution in [0.25, 0.3) is 11.0 Å². The Morgan fingerprint density at radius 3 is 2.60 bits per heavy atom. The molecular weight excluding hydrogens is 254 g/mol. The fraction of sp³-hybridized carbons (Fsp3) is 0.467. The van der Waals surface area contributed by atoms with Crippen LogP contribution in [-0.2, 0) is 18.4 Å². The van der Waals surface area contributed by atoms with E-state index in [-0.39, 0.29) is 24.2 Å². The molecule has 1 aliphatic carbocycles. The largest absolute Gasteiger partial charge is 0.352 e. The summed E-state index contributed by atoms with van der Waals surface area (Å²) < 4.78 is 3.12. The summed E-state index contributed by atoms with van der Waals surface area (Å²) in [6.45, 7) is 0.0939. The van der Waals surface area contributed by atoms with E-state index in [0.717, 1.165) is 23.9 Å². The van der Waals surface area contributed by atoms with Crippen LogP contribution in [0.3, 0.4) is 0 Å². The summed E-state index contributed by atoms with van der Waals surface area (Å²) in [5.74, 6) is -0.0737. The summed E-state index contributed by atoms with van der Waals surface area (Å²) in [5, 5.41) is 3.02. The molecule has 0 spiro atoms. The smallest absolute Gasteiger partial charge is 0.329 e. The molecule has 1 amide bonds. The van der Waals surface area contributed by atoms with E-state index in [2.05, 4.69) is 5.32 Å². The van der Waals surface area contributed by atoms with Gasteiger partial charge in [0.25, 0.3) is 0 Å². The fourth-order valence-electron chi connectivity index (χ4n) is 3.00. The zero-order chi connectivity index (χ0) is 14.1. The number of nitrogens with one attached hydrogen (secondary N) is 1. The van der Waals surface area contributed by atoms with E-state index in [1.807, 2.05) is 24.3 Å². The molecule has 2 aromatic rings. The van der Waals surface area contributed by atoms with Crippen LogP contribution in [0.1, 0.15) is 25.7 Å². The topological polar surface area (TPSA) is 56.0 Å². The first-order valence-electron chi connectivity index (χ1n) is 7.10. The number of carbonyl (C=O) groups is 1. The molecule has 0 radical (unpaired) electrons. The summed E-state index contributed by atoms with van der Waals surface area (Å²) in [4.78, 5) is 24.3. The van der Waals surface area contributed by atoms with E-state index in [1.165, 1.54) is 12.8 Å². The number of hydrogen-bond acceptors (Lipinski definition) is 2. The number of aryl methyl sites for hydroxylation is 1. The van der Waals surface area contributed by atoms with E-state index in [0.29, 0.717) is 0 Å². The average Bonchev–Trinajstić information content (AvgIpc) is 3.03. The predicted molar refractivity (Wildman–Crippen MR) is 77.6 cm³/mol. The number of amides is 1. The van der Waals surface area contributed by atoms with Crippen LogP contribution in [-0.4, -0.2) is 21.1 Å². The van der Waals surface area contributed by atoms with Gasteiger partial charge < -0.3 is 5.32 Å². The Morgan fingerprint density at radius 2 is 1.90 bits per heavy atom. The Morgan fingerprint density at radius 1 is 1.25 bits per heavy atom. The molecule has 1 aromatic carbocycles. The van der Waals surface area contributed by atoms with Gasteiger partial charge in [0.05, 0.1) is 11.0 Å². The highest BCUT2D eigenvalue weighted by Crippen LogP contribution is 2.17. The maximum atomic E-state index is 12.2. The Balaban J connectivity index is 1.85. The highest BCUT2D eigenvalue weighted by Gasteiger charge is 2.19. The van der Waals surface area contributed by atoms with Gasteiger partial charge in [0, 0.05) is 13.1 Å². The SMILES string of the molecule is Cn1c(=O)n(CC(=O)NC2CCCC2)c2ccccc21. The number of nitrogens with zero attached hydrogens (tertiary/aromatic N) is 2. The van der Waals surface area contributed by atoms with Crippen molar-refractivity contribution in [1.29, 1.82) is 0 Å². The van der Waals surface area contributed by atoms with Crippen molar-refractivity contribution in [2.75, 3.05) is 0 Å². The van der Waals surface area contributed by atoms with Gasteiger partial charge in [-0.3, -0.25) is 13.9 Å². The fourth-order valence-corrected chi connectivity index (χ4v) is 3.00. The number of fused-ring (bicyclic) bond motifs is 1. The highest BCUT2D eigenvalue weighted by molar-refractivity contribution is 5.81. The van der Waals surface area contributed by atoms with Gasteiger partial charge in [0.15, 0.2) is 0 Å². The highest BCUT2D eigenvalue weighted by atomic mass is 16.2. The summed E-state index contributed by atoms with van der Waals surface area (Å²) in [6, 6.07) is 7.83. The molecule has 1 heterocycles. The molecular formula is C15H19N3O2. The lowest BCUT2D eigenvalue weighted by atomic mass is 10.2. The van der Waals surface area contributed by atoms with Crippen molar-refractivity contribution in [2.24, 2.45) is 7.05 Å². The summed E-state index contributed by atoms with van der Waals surface area (Å²) in [7, 11) is 1.73. The van der Waals surface area contributed by atoms with Crippen molar-refractivity contribution >= 4 is 16.9 Å². The van der Waals surface area contributed by atoms with Crippen LogP contribution in [0.15, 0.2) is 29.1 Å². The van der Waals surface area contributed by atoms with Gasteiger partial charge in [-0.1, -0.05) is 25.0 Å². The summed E-state index contributed by atoms with van der Waals surface area (Å²) >= 11 is 0. The van der Waals surface area contributed by atoms with Gasteiger partial charge in [-0.2, -0.15) is 0 Å². The van der Waals surface area contributed by atoms with E-state index in [9.17, 15) is 9.59 Å². The van der Waals surface area contributed by atoms with Crippen molar-refractivity contribution in [2.45, 2.75) is 38.3 Å². The second-order valence-electron chi connectivity index (χ2n) is 5.47. The molecule has 5 nitrogen and oxygen atoms in total. The molecule has 5 heteroatoms. The molecule has 0 unspecified atom stereocenters. The minimum atomic E-state index is -0.146. The molecule has 0 aliphatic heterocycles. The number of para-hydroxylation sites is 2. The van der Waals surface area contributed by atoms with Crippen LogP contribution in [0.4, 0.5) is 0 Å². The quantitative estimate of drug-likeness (QED) is 0.919. The lowest BCUT2D eigenvalue weighted by Gasteiger charge is -2.12. The number of rotatable bonds is 3.